The first-order chi connectivity index (χ1) is 21.3. The van der Waals surface area contributed by atoms with Gasteiger partial charge in [-0.25, -0.2) is 0 Å². The van der Waals surface area contributed by atoms with Crippen LogP contribution in [-0.2, 0) is 0 Å². The molecule has 0 spiro atoms. The molecule has 1 aliphatic carbocycles. The molecule has 202 valence electrons. The first-order valence-electron chi connectivity index (χ1n) is 15.2. The van der Waals surface area contributed by atoms with Crippen LogP contribution in [-0.4, -0.2) is 0 Å². The zero-order valence-electron chi connectivity index (χ0n) is 23.8. The Balaban J connectivity index is 1.42. The molecule has 1 heterocycles. The maximum absolute atomic E-state index is 2.54. The van der Waals surface area contributed by atoms with Crippen LogP contribution in [0.1, 0.15) is 18.4 Å². The number of nitrogens with zero attached hydrogens (tertiary/aromatic N) is 1. The smallest absolute Gasteiger partial charge is 0.0543 e. The zero-order chi connectivity index (χ0) is 28.3. The van der Waals surface area contributed by atoms with Gasteiger partial charge in [0.2, 0.25) is 0 Å². The molecule has 7 aromatic carbocycles. The fourth-order valence-corrected chi connectivity index (χ4v) is 7.32. The number of anilines is 2. The lowest BCUT2D eigenvalue weighted by atomic mass is 9.88. The average molecular weight is 548 g/mol. The molecule has 43 heavy (non-hydrogen) atoms. The van der Waals surface area contributed by atoms with E-state index < -0.39 is 0 Å². The van der Waals surface area contributed by atoms with Crippen molar-refractivity contribution < 1.29 is 0 Å². The number of rotatable bonds is 2. The predicted molar refractivity (Wildman–Crippen MR) is 185 cm³/mol. The Labute approximate surface area is 251 Å². The van der Waals surface area contributed by atoms with Crippen LogP contribution in [0.3, 0.4) is 0 Å². The standard InChI is InChI=1S/C42H29N/c1-4-16-32-28(12-1)15-11-21-33(32)38-26-31-27-41(35-18-6-8-20-37(35)42(31)36-19-7-5-17-34(36)38)43-39-22-9-2-13-29(39)24-25-30-14-3-10-23-40(30)43/h1-9,11-22,24-27H,10,23H2. The third-order valence-corrected chi connectivity index (χ3v) is 9.23. The molecule has 0 fully saturated rings. The minimum absolute atomic E-state index is 1.01. The lowest BCUT2D eigenvalue weighted by Gasteiger charge is -2.32. The molecular formula is C42H29N. The second-order valence-corrected chi connectivity index (χ2v) is 11.6. The van der Waals surface area contributed by atoms with Crippen molar-refractivity contribution in [1.82, 2.24) is 0 Å². The van der Waals surface area contributed by atoms with Crippen molar-refractivity contribution in [2.75, 3.05) is 4.90 Å². The second-order valence-electron chi connectivity index (χ2n) is 11.6. The number of hydrogen-bond acceptors (Lipinski definition) is 1. The van der Waals surface area contributed by atoms with Crippen molar-refractivity contribution in [3.8, 4) is 11.1 Å². The summed E-state index contributed by atoms with van der Waals surface area (Å²) >= 11 is 0. The van der Waals surface area contributed by atoms with Crippen LogP contribution in [0.25, 0.3) is 60.3 Å². The molecule has 2 aliphatic rings. The molecule has 0 radical (unpaired) electrons. The molecule has 0 unspecified atom stereocenters. The summed E-state index contributed by atoms with van der Waals surface area (Å²) in [5, 5.41) is 10.3. The van der Waals surface area contributed by atoms with Crippen molar-refractivity contribution in [2.45, 2.75) is 12.8 Å². The van der Waals surface area contributed by atoms with Crippen molar-refractivity contribution in [1.29, 1.82) is 0 Å². The minimum atomic E-state index is 1.01. The molecule has 0 bridgehead atoms. The summed E-state index contributed by atoms with van der Waals surface area (Å²) in [5.74, 6) is 0. The number of para-hydroxylation sites is 1. The summed E-state index contributed by atoms with van der Waals surface area (Å²) in [7, 11) is 0. The van der Waals surface area contributed by atoms with E-state index in [2.05, 4.69) is 157 Å². The maximum Gasteiger partial charge on any atom is 0.0543 e. The fourth-order valence-electron chi connectivity index (χ4n) is 7.32. The van der Waals surface area contributed by atoms with Crippen LogP contribution >= 0.6 is 0 Å². The Morgan fingerprint density at radius 2 is 1.16 bits per heavy atom. The molecule has 0 atom stereocenters. The number of benzene rings is 7. The molecule has 1 nitrogen and oxygen atoms in total. The highest BCUT2D eigenvalue weighted by atomic mass is 15.2. The monoisotopic (exact) mass is 547 g/mol. The van der Waals surface area contributed by atoms with Crippen molar-refractivity contribution >= 4 is 60.5 Å². The van der Waals surface area contributed by atoms with Crippen LogP contribution in [0, 0.1) is 0 Å². The highest BCUT2D eigenvalue weighted by molar-refractivity contribution is 6.26. The van der Waals surface area contributed by atoms with Gasteiger partial charge >= 0.3 is 0 Å². The molecule has 7 aromatic rings. The van der Waals surface area contributed by atoms with Gasteiger partial charge in [0.1, 0.15) is 0 Å². The molecule has 0 aromatic heterocycles. The van der Waals surface area contributed by atoms with Gasteiger partial charge in [0, 0.05) is 11.1 Å². The Morgan fingerprint density at radius 1 is 0.465 bits per heavy atom. The van der Waals surface area contributed by atoms with E-state index in [-0.39, 0.29) is 0 Å². The molecule has 1 aliphatic heterocycles. The van der Waals surface area contributed by atoms with E-state index in [1.165, 1.54) is 82.4 Å². The third-order valence-electron chi connectivity index (χ3n) is 9.23. The summed E-state index contributed by atoms with van der Waals surface area (Å²) in [6, 6.07) is 47.0. The summed E-state index contributed by atoms with van der Waals surface area (Å²) in [4.78, 5) is 2.54. The lowest BCUT2D eigenvalue weighted by molar-refractivity contribution is 0.909. The van der Waals surface area contributed by atoms with Crippen LogP contribution in [0.5, 0.6) is 0 Å². The molecule has 0 N–H and O–H groups in total. The molecular weight excluding hydrogens is 518 g/mol. The minimum Gasteiger partial charge on any atom is -0.312 e. The van der Waals surface area contributed by atoms with Crippen molar-refractivity contribution in [3.63, 3.8) is 0 Å². The Morgan fingerprint density at radius 3 is 2.05 bits per heavy atom. The van der Waals surface area contributed by atoms with Crippen LogP contribution in [0.15, 0.2) is 157 Å². The summed E-state index contributed by atoms with van der Waals surface area (Å²) in [6.07, 6.45) is 11.2. The molecule has 1 heteroatoms. The van der Waals surface area contributed by atoms with Gasteiger partial charge in [0.05, 0.1) is 11.4 Å². The number of fused-ring (bicyclic) bond motifs is 7. The molecule has 0 saturated heterocycles. The van der Waals surface area contributed by atoms with Gasteiger partial charge in [-0.05, 0) is 91.0 Å². The topological polar surface area (TPSA) is 3.24 Å². The van der Waals surface area contributed by atoms with Gasteiger partial charge in [-0.2, -0.15) is 0 Å². The number of hydrogen-bond donors (Lipinski definition) is 0. The van der Waals surface area contributed by atoms with Gasteiger partial charge in [-0.1, -0.05) is 133 Å². The summed E-state index contributed by atoms with van der Waals surface area (Å²) in [5.41, 5.74) is 8.92. The van der Waals surface area contributed by atoms with E-state index in [4.69, 9.17) is 0 Å². The first-order valence-corrected chi connectivity index (χ1v) is 15.2. The van der Waals surface area contributed by atoms with E-state index in [0.717, 1.165) is 12.8 Å². The van der Waals surface area contributed by atoms with Gasteiger partial charge in [0.15, 0.2) is 0 Å². The van der Waals surface area contributed by atoms with Gasteiger partial charge in [-0.15, -0.1) is 0 Å². The Bertz CT molecular complexity index is 2340. The Hall–Kier alpha value is -5.40. The normalized spacial score (nSPS) is 14.5. The van der Waals surface area contributed by atoms with Gasteiger partial charge < -0.3 is 4.90 Å². The van der Waals surface area contributed by atoms with Crippen molar-refractivity contribution in [2.24, 2.45) is 0 Å². The molecule has 0 saturated carbocycles. The fraction of sp³-hybridized carbons (Fsp3) is 0.0476. The lowest BCUT2D eigenvalue weighted by Crippen LogP contribution is -2.19. The van der Waals surface area contributed by atoms with Crippen LogP contribution in [0.4, 0.5) is 11.4 Å². The summed E-state index contributed by atoms with van der Waals surface area (Å²) < 4.78 is 0. The largest absolute Gasteiger partial charge is 0.312 e. The van der Waals surface area contributed by atoms with E-state index >= 15 is 0 Å². The summed E-state index contributed by atoms with van der Waals surface area (Å²) in [6.45, 7) is 0. The highest BCUT2D eigenvalue weighted by Gasteiger charge is 2.25. The maximum atomic E-state index is 2.54. The highest BCUT2D eigenvalue weighted by Crippen LogP contribution is 2.47. The predicted octanol–water partition coefficient (Wildman–Crippen LogP) is 11.7. The van der Waals surface area contributed by atoms with E-state index in [1.807, 2.05) is 0 Å². The third kappa shape index (κ3) is 3.72. The molecule has 9 rings (SSSR count). The van der Waals surface area contributed by atoms with E-state index in [1.54, 1.807) is 0 Å². The Kier molecular flexibility index (Phi) is 5.39. The van der Waals surface area contributed by atoms with Crippen LogP contribution < -0.4 is 4.90 Å². The second kappa shape index (κ2) is 9.58. The average Bonchev–Trinajstić information content (AvgIpc) is 3.24. The SMILES string of the molecule is C1=CC2=C(CC1)N(c1cc3cc(-c4cccc5ccccc45)c4ccccc4c3c3ccccc13)c1ccccc1C=C2. The van der Waals surface area contributed by atoms with Crippen molar-refractivity contribution in [3.05, 3.63) is 162 Å². The van der Waals surface area contributed by atoms with Crippen LogP contribution in [0.2, 0.25) is 0 Å². The quantitative estimate of drug-likeness (QED) is 0.195. The van der Waals surface area contributed by atoms with E-state index in [0.29, 0.717) is 0 Å². The van der Waals surface area contributed by atoms with E-state index in [9.17, 15) is 0 Å². The first kappa shape index (κ1) is 24.2. The van der Waals surface area contributed by atoms with Gasteiger partial charge in [-0.3, -0.25) is 0 Å². The van der Waals surface area contributed by atoms with Gasteiger partial charge in [0.25, 0.3) is 0 Å². The molecule has 0 amide bonds. The number of allylic oxidation sites excluding steroid dienone is 5. The zero-order valence-corrected chi connectivity index (χ0v) is 23.8.